The van der Waals surface area contributed by atoms with Crippen LogP contribution in [0.1, 0.15) is 0 Å². The summed E-state index contributed by atoms with van der Waals surface area (Å²) in [5, 5.41) is 9.59. The summed E-state index contributed by atoms with van der Waals surface area (Å²) >= 11 is 0. The van der Waals surface area contributed by atoms with Gasteiger partial charge in [-0.2, -0.15) is 0 Å². The molecule has 0 amide bonds. The predicted molar refractivity (Wildman–Crippen MR) is 49.0 cm³/mol. The Labute approximate surface area is 72.2 Å². The fourth-order valence-corrected chi connectivity index (χ4v) is 1.04. The van der Waals surface area contributed by atoms with Crippen molar-refractivity contribution in [1.82, 2.24) is 0 Å². The van der Waals surface area contributed by atoms with Crippen molar-refractivity contribution in [2.75, 3.05) is 26.1 Å². The van der Waals surface area contributed by atoms with E-state index in [9.17, 15) is 5.11 Å². The standard InChI is InChI=1S/C9H13NO2/c1-10(2)7-5-4-6-8(12-3)9(7)11/h4-6,11H,1-3H3. The first-order valence-corrected chi connectivity index (χ1v) is 3.70. The lowest BCUT2D eigenvalue weighted by atomic mass is 10.2. The van der Waals surface area contributed by atoms with E-state index < -0.39 is 0 Å². The van der Waals surface area contributed by atoms with Crippen LogP contribution in [0.2, 0.25) is 0 Å². The van der Waals surface area contributed by atoms with Crippen LogP contribution in [0.25, 0.3) is 0 Å². The van der Waals surface area contributed by atoms with Crippen LogP contribution in [0.5, 0.6) is 11.5 Å². The summed E-state index contributed by atoms with van der Waals surface area (Å²) in [5.41, 5.74) is 0.759. The zero-order valence-corrected chi connectivity index (χ0v) is 7.53. The highest BCUT2D eigenvalue weighted by molar-refractivity contribution is 5.63. The number of hydrogen-bond donors (Lipinski definition) is 1. The number of ether oxygens (including phenoxy) is 1. The molecule has 1 aromatic rings. The predicted octanol–water partition coefficient (Wildman–Crippen LogP) is 1.47. The first kappa shape index (κ1) is 8.71. The number of rotatable bonds is 2. The van der Waals surface area contributed by atoms with Gasteiger partial charge in [0.2, 0.25) is 0 Å². The number of benzene rings is 1. The van der Waals surface area contributed by atoms with E-state index in [0.717, 1.165) is 5.69 Å². The fraction of sp³-hybridized carbons (Fsp3) is 0.333. The minimum absolute atomic E-state index is 0.185. The van der Waals surface area contributed by atoms with E-state index in [4.69, 9.17) is 4.74 Å². The average Bonchev–Trinajstić information content (AvgIpc) is 2.04. The van der Waals surface area contributed by atoms with Gasteiger partial charge in [-0.25, -0.2) is 0 Å². The van der Waals surface area contributed by atoms with Gasteiger partial charge in [0.25, 0.3) is 0 Å². The number of phenolic OH excluding ortho intramolecular Hbond substituents is 1. The van der Waals surface area contributed by atoms with Gasteiger partial charge in [-0.15, -0.1) is 0 Å². The molecule has 0 unspecified atom stereocenters. The van der Waals surface area contributed by atoms with Gasteiger partial charge in [0.15, 0.2) is 11.5 Å². The molecule has 1 rings (SSSR count). The van der Waals surface area contributed by atoms with Gasteiger partial charge in [-0.05, 0) is 12.1 Å². The van der Waals surface area contributed by atoms with E-state index in [1.165, 1.54) is 7.11 Å². The maximum atomic E-state index is 9.59. The van der Waals surface area contributed by atoms with Crippen LogP contribution in [0, 0.1) is 0 Å². The van der Waals surface area contributed by atoms with Crippen molar-refractivity contribution in [2.24, 2.45) is 0 Å². The Hall–Kier alpha value is -1.38. The first-order valence-electron chi connectivity index (χ1n) is 3.70. The first-order chi connectivity index (χ1) is 5.66. The summed E-state index contributed by atoms with van der Waals surface area (Å²) in [7, 11) is 5.28. The van der Waals surface area contributed by atoms with Crippen molar-refractivity contribution in [3.63, 3.8) is 0 Å². The zero-order chi connectivity index (χ0) is 9.14. The Kier molecular flexibility index (Phi) is 2.43. The molecule has 0 aliphatic rings. The van der Waals surface area contributed by atoms with Crippen LogP contribution >= 0.6 is 0 Å². The maximum absolute atomic E-state index is 9.59. The number of hydrogen-bond acceptors (Lipinski definition) is 3. The van der Waals surface area contributed by atoms with Crippen LogP contribution < -0.4 is 9.64 Å². The summed E-state index contributed by atoms with van der Waals surface area (Å²) in [4.78, 5) is 1.83. The molecular formula is C9H13NO2. The van der Waals surface area contributed by atoms with Crippen molar-refractivity contribution in [3.8, 4) is 11.5 Å². The number of methoxy groups -OCH3 is 1. The van der Waals surface area contributed by atoms with Gasteiger partial charge in [-0.3, -0.25) is 0 Å². The molecule has 3 heteroatoms. The molecular weight excluding hydrogens is 154 g/mol. The second-order valence-corrected chi connectivity index (χ2v) is 2.72. The van der Waals surface area contributed by atoms with Gasteiger partial charge in [0.1, 0.15) is 0 Å². The summed E-state index contributed by atoms with van der Waals surface area (Å²) in [6.45, 7) is 0. The van der Waals surface area contributed by atoms with E-state index >= 15 is 0 Å². The van der Waals surface area contributed by atoms with Gasteiger partial charge in [-0.1, -0.05) is 6.07 Å². The van der Waals surface area contributed by atoms with E-state index in [-0.39, 0.29) is 5.75 Å². The quantitative estimate of drug-likeness (QED) is 0.724. The Morgan fingerprint density at radius 1 is 1.33 bits per heavy atom. The molecule has 0 fully saturated rings. The Morgan fingerprint density at radius 3 is 2.50 bits per heavy atom. The molecule has 0 bridgehead atoms. The Bertz CT molecular complexity index is 271. The van der Waals surface area contributed by atoms with Gasteiger partial charge in [0.05, 0.1) is 12.8 Å². The average molecular weight is 167 g/mol. The lowest BCUT2D eigenvalue weighted by molar-refractivity contribution is 0.374. The van der Waals surface area contributed by atoms with E-state index in [1.807, 2.05) is 31.1 Å². The lowest BCUT2D eigenvalue weighted by Gasteiger charge is -2.15. The number of para-hydroxylation sites is 1. The molecule has 3 nitrogen and oxygen atoms in total. The minimum atomic E-state index is 0.185. The SMILES string of the molecule is COc1cccc(N(C)C)c1O. The normalized spacial score (nSPS) is 9.58. The smallest absolute Gasteiger partial charge is 0.181 e. The van der Waals surface area contributed by atoms with Crippen LogP contribution in [0.4, 0.5) is 5.69 Å². The Balaban J connectivity index is 3.14. The highest BCUT2D eigenvalue weighted by atomic mass is 16.5. The molecule has 0 atom stereocenters. The molecule has 0 aliphatic carbocycles. The molecule has 0 saturated heterocycles. The molecule has 0 heterocycles. The topological polar surface area (TPSA) is 32.7 Å². The summed E-state index contributed by atoms with van der Waals surface area (Å²) in [5.74, 6) is 0.686. The third kappa shape index (κ3) is 1.44. The van der Waals surface area contributed by atoms with Crippen LogP contribution in [0.3, 0.4) is 0 Å². The van der Waals surface area contributed by atoms with E-state index in [0.29, 0.717) is 5.75 Å². The fourth-order valence-electron chi connectivity index (χ4n) is 1.04. The lowest BCUT2D eigenvalue weighted by Crippen LogP contribution is -2.08. The summed E-state index contributed by atoms with van der Waals surface area (Å²) in [6.07, 6.45) is 0. The molecule has 1 aromatic carbocycles. The van der Waals surface area contributed by atoms with Gasteiger partial charge in [0, 0.05) is 14.1 Å². The molecule has 0 radical (unpaired) electrons. The van der Waals surface area contributed by atoms with Gasteiger partial charge >= 0.3 is 0 Å². The number of aromatic hydroxyl groups is 1. The number of nitrogens with zero attached hydrogens (tertiary/aromatic N) is 1. The van der Waals surface area contributed by atoms with E-state index in [2.05, 4.69) is 0 Å². The van der Waals surface area contributed by atoms with Crippen LogP contribution in [0.15, 0.2) is 18.2 Å². The number of phenols is 1. The largest absolute Gasteiger partial charge is 0.503 e. The van der Waals surface area contributed by atoms with Gasteiger partial charge < -0.3 is 14.7 Å². The van der Waals surface area contributed by atoms with E-state index in [1.54, 1.807) is 6.07 Å². The molecule has 0 saturated carbocycles. The highest BCUT2D eigenvalue weighted by Gasteiger charge is 2.07. The molecule has 12 heavy (non-hydrogen) atoms. The highest BCUT2D eigenvalue weighted by Crippen LogP contribution is 2.34. The molecule has 66 valence electrons. The zero-order valence-electron chi connectivity index (χ0n) is 7.53. The van der Waals surface area contributed by atoms with Crippen LogP contribution in [-0.2, 0) is 0 Å². The van der Waals surface area contributed by atoms with Crippen molar-refractivity contribution in [3.05, 3.63) is 18.2 Å². The molecule has 1 N–H and O–H groups in total. The molecule has 0 aromatic heterocycles. The van der Waals surface area contributed by atoms with Crippen LogP contribution in [-0.4, -0.2) is 26.3 Å². The second kappa shape index (κ2) is 3.34. The molecule has 0 aliphatic heterocycles. The van der Waals surface area contributed by atoms with Crippen molar-refractivity contribution < 1.29 is 9.84 Å². The maximum Gasteiger partial charge on any atom is 0.181 e. The summed E-state index contributed by atoms with van der Waals surface area (Å²) < 4.78 is 4.96. The third-order valence-corrected chi connectivity index (χ3v) is 1.68. The minimum Gasteiger partial charge on any atom is -0.503 e. The van der Waals surface area contributed by atoms with Crippen molar-refractivity contribution in [1.29, 1.82) is 0 Å². The molecule has 0 spiro atoms. The summed E-state index contributed by atoms with van der Waals surface area (Å²) in [6, 6.07) is 5.40. The van der Waals surface area contributed by atoms with Crippen molar-refractivity contribution >= 4 is 5.69 Å². The monoisotopic (exact) mass is 167 g/mol. The second-order valence-electron chi connectivity index (χ2n) is 2.72. The van der Waals surface area contributed by atoms with Crippen molar-refractivity contribution in [2.45, 2.75) is 0 Å². The number of anilines is 1. The third-order valence-electron chi connectivity index (χ3n) is 1.68. The Morgan fingerprint density at radius 2 is 2.00 bits per heavy atom.